The van der Waals surface area contributed by atoms with Crippen molar-refractivity contribution in [3.63, 3.8) is 0 Å². The Labute approximate surface area is 79.3 Å². The van der Waals surface area contributed by atoms with Crippen LogP contribution in [0, 0.1) is 11.6 Å². The van der Waals surface area contributed by atoms with E-state index in [0.717, 1.165) is 6.07 Å². The van der Waals surface area contributed by atoms with Crippen molar-refractivity contribution in [1.82, 2.24) is 0 Å². The lowest BCUT2D eigenvalue weighted by Crippen LogP contribution is -2.06. The summed E-state index contributed by atoms with van der Waals surface area (Å²) in [6.45, 7) is 0. The average Bonchev–Trinajstić information content (AvgIpc) is 2.13. The average molecular weight is 205 g/mol. The van der Waals surface area contributed by atoms with Crippen LogP contribution >= 0.6 is 11.6 Å². The molecule has 0 saturated heterocycles. The maximum atomic E-state index is 12.9. The van der Waals surface area contributed by atoms with Gasteiger partial charge in [0, 0.05) is 6.42 Å². The monoisotopic (exact) mass is 204 g/mol. The number of hydrogen-bond donors (Lipinski definition) is 0. The van der Waals surface area contributed by atoms with Crippen molar-refractivity contribution in [3.05, 3.63) is 35.4 Å². The molecule has 0 amide bonds. The number of benzene rings is 1. The molecule has 1 aromatic rings. The van der Waals surface area contributed by atoms with Gasteiger partial charge in [0.1, 0.15) is 0 Å². The Morgan fingerprint density at radius 3 is 2.69 bits per heavy atom. The van der Waals surface area contributed by atoms with Crippen LogP contribution in [0.1, 0.15) is 5.56 Å². The van der Waals surface area contributed by atoms with E-state index in [9.17, 15) is 13.6 Å². The second-order valence-electron chi connectivity index (χ2n) is 2.56. The molecule has 0 aliphatic carbocycles. The fourth-order valence-electron chi connectivity index (χ4n) is 0.945. The zero-order valence-corrected chi connectivity index (χ0v) is 7.44. The number of Topliss-reactive ketones (excluding diaryl/α,β-unsaturated/α-hetero) is 1. The molecule has 70 valence electrons. The van der Waals surface area contributed by atoms with Crippen molar-refractivity contribution in [3.8, 4) is 0 Å². The fraction of sp³-hybridized carbons (Fsp3) is 0.222. The topological polar surface area (TPSA) is 17.1 Å². The molecule has 0 saturated carbocycles. The van der Waals surface area contributed by atoms with E-state index in [-0.39, 0.29) is 23.6 Å². The normalized spacial score (nSPS) is 10.1. The number of alkyl halides is 1. The summed E-state index contributed by atoms with van der Waals surface area (Å²) in [5, 5.41) is 0. The summed E-state index contributed by atoms with van der Waals surface area (Å²) >= 11 is 5.23. The van der Waals surface area contributed by atoms with E-state index in [4.69, 9.17) is 11.6 Å². The van der Waals surface area contributed by atoms with Crippen LogP contribution in [-0.2, 0) is 11.2 Å². The molecule has 0 N–H and O–H groups in total. The zero-order valence-electron chi connectivity index (χ0n) is 6.69. The molecule has 0 radical (unpaired) electrons. The summed E-state index contributed by atoms with van der Waals surface area (Å²) in [5.74, 6) is -2.43. The van der Waals surface area contributed by atoms with Gasteiger partial charge in [-0.3, -0.25) is 4.79 Å². The first-order chi connectivity index (χ1) is 6.15. The molecule has 1 nitrogen and oxygen atoms in total. The molecule has 0 fully saturated rings. The molecule has 13 heavy (non-hydrogen) atoms. The summed E-state index contributed by atoms with van der Waals surface area (Å²) < 4.78 is 25.5. The van der Waals surface area contributed by atoms with Gasteiger partial charge in [-0.1, -0.05) is 12.1 Å². The lowest BCUT2D eigenvalue weighted by atomic mass is 10.1. The van der Waals surface area contributed by atoms with Crippen molar-refractivity contribution in [1.29, 1.82) is 0 Å². The number of ketones is 1. The van der Waals surface area contributed by atoms with E-state index in [2.05, 4.69) is 0 Å². The van der Waals surface area contributed by atoms with Crippen LogP contribution in [0.15, 0.2) is 18.2 Å². The molecule has 0 aliphatic heterocycles. The van der Waals surface area contributed by atoms with Crippen LogP contribution < -0.4 is 0 Å². The summed E-state index contributed by atoms with van der Waals surface area (Å²) in [6, 6.07) is 3.72. The number of rotatable bonds is 3. The van der Waals surface area contributed by atoms with Crippen LogP contribution in [0.25, 0.3) is 0 Å². The molecule has 0 aromatic heterocycles. The molecule has 0 bridgehead atoms. The minimum atomic E-state index is -0.971. The highest BCUT2D eigenvalue weighted by molar-refractivity contribution is 6.27. The van der Waals surface area contributed by atoms with Crippen LogP contribution in [0.2, 0.25) is 0 Å². The predicted molar refractivity (Wildman–Crippen MR) is 45.8 cm³/mol. The molecule has 1 aromatic carbocycles. The standard InChI is InChI=1S/C9H7ClF2O/c10-5-7(13)4-6-2-1-3-8(11)9(6)12/h1-3H,4-5H2. The number of carbonyl (C=O) groups excluding carboxylic acids is 1. The Morgan fingerprint density at radius 1 is 1.38 bits per heavy atom. The third-order valence-corrected chi connectivity index (χ3v) is 1.87. The first-order valence-electron chi connectivity index (χ1n) is 3.65. The first-order valence-corrected chi connectivity index (χ1v) is 4.19. The van der Waals surface area contributed by atoms with Gasteiger partial charge >= 0.3 is 0 Å². The minimum absolute atomic E-state index is 0.0469. The molecule has 0 aliphatic rings. The van der Waals surface area contributed by atoms with Crippen molar-refractivity contribution in [2.45, 2.75) is 6.42 Å². The summed E-state index contributed by atoms with van der Waals surface area (Å²) in [4.78, 5) is 10.8. The second-order valence-corrected chi connectivity index (χ2v) is 2.83. The highest BCUT2D eigenvalue weighted by Gasteiger charge is 2.10. The zero-order chi connectivity index (χ0) is 9.84. The molecule has 0 atom stereocenters. The van der Waals surface area contributed by atoms with Crippen molar-refractivity contribution in [2.75, 3.05) is 5.88 Å². The summed E-state index contributed by atoms with van der Waals surface area (Å²) in [7, 11) is 0. The van der Waals surface area contributed by atoms with E-state index in [0.29, 0.717) is 0 Å². The Bertz CT molecular complexity index is 325. The summed E-state index contributed by atoms with van der Waals surface area (Å²) in [5.41, 5.74) is 0.0469. The van der Waals surface area contributed by atoms with Gasteiger partial charge in [0.05, 0.1) is 5.88 Å². The lowest BCUT2D eigenvalue weighted by molar-refractivity contribution is -0.116. The SMILES string of the molecule is O=C(CCl)Cc1cccc(F)c1F. The maximum absolute atomic E-state index is 12.9. The van der Waals surface area contributed by atoms with E-state index in [1.54, 1.807) is 0 Å². The quantitative estimate of drug-likeness (QED) is 0.691. The van der Waals surface area contributed by atoms with Gasteiger partial charge in [-0.15, -0.1) is 11.6 Å². The predicted octanol–water partition coefficient (Wildman–Crippen LogP) is 2.32. The number of carbonyl (C=O) groups is 1. The molecule has 0 heterocycles. The van der Waals surface area contributed by atoms with E-state index in [1.165, 1.54) is 12.1 Å². The maximum Gasteiger partial charge on any atom is 0.162 e. The van der Waals surface area contributed by atoms with Gasteiger partial charge in [-0.05, 0) is 11.6 Å². The number of hydrogen-bond acceptors (Lipinski definition) is 1. The van der Waals surface area contributed by atoms with Crippen molar-refractivity contribution >= 4 is 17.4 Å². The highest BCUT2D eigenvalue weighted by Crippen LogP contribution is 2.12. The Balaban J connectivity index is 2.89. The number of halogens is 3. The molecule has 0 unspecified atom stereocenters. The molecule has 4 heteroatoms. The fourth-order valence-corrected chi connectivity index (χ4v) is 1.04. The van der Waals surface area contributed by atoms with Gasteiger partial charge in [0.2, 0.25) is 0 Å². The van der Waals surface area contributed by atoms with Crippen LogP contribution in [0.4, 0.5) is 8.78 Å². The Kier molecular flexibility index (Phi) is 3.37. The van der Waals surface area contributed by atoms with Gasteiger partial charge in [-0.25, -0.2) is 8.78 Å². The minimum Gasteiger partial charge on any atom is -0.298 e. The third-order valence-electron chi connectivity index (χ3n) is 1.57. The smallest absolute Gasteiger partial charge is 0.162 e. The van der Waals surface area contributed by atoms with Gasteiger partial charge in [-0.2, -0.15) is 0 Å². The Hall–Kier alpha value is -0.960. The molecule has 0 spiro atoms. The molecular formula is C9H7ClF2O. The first kappa shape index (κ1) is 10.1. The van der Waals surface area contributed by atoms with Crippen molar-refractivity contribution in [2.24, 2.45) is 0 Å². The van der Waals surface area contributed by atoms with Crippen molar-refractivity contribution < 1.29 is 13.6 Å². The molecule has 1 rings (SSSR count). The van der Waals surface area contributed by atoms with Crippen LogP contribution in [0.3, 0.4) is 0 Å². The van der Waals surface area contributed by atoms with Crippen LogP contribution in [-0.4, -0.2) is 11.7 Å². The lowest BCUT2D eigenvalue weighted by Gasteiger charge is -2.00. The second kappa shape index (κ2) is 4.33. The Morgan fingerprint density at radius 2 is 2.08 bits per heavy atom. The largest absolute Gasteiger partial charge is 0.298 e. The molecular weight excluding hydrogens is 198 g/mol. The van der Waals surface area contributed by atoms with Gasteiger partial charge in [0.25, 0.3) is 0 Å². The van der Waals surface area contributed by atoms with E-state index in [1.807, 2.05) is 0 Å². The van der Waals surface area contributed by atoms with Gasteiger partial charge in [0.15, 0.2) is 17.4 Å². The summed E-state index contributed by atoms with van der Waals surface area (Å²) in [6.07, 6.45) is -0.160. The van der Waals surface area contributed by atoms with E-state index >= 15 is 0 Å². The van der Waals surface area contributed by atoms with Crippen LogP contribution in [0.5, 0.6) is 0 Å². The van der Waals surface area contributed by atoms with E-state index < -0.39 is 11.6 Å². The highest BCUT2D eigenvalue weighted by atomic mass is 35.5. The third kappa shape index (κ3) is 2.49. The van der Waals surface area contributed by atoms with Gasteiger partial charge < -0.3 is 0 Å².